The zero-order chi connectivity index (χ0) is 6.57. The maximum atomic E-state index is 2.26. The molecule has 0 aromatic rings. The maximum absolute atomic E-state index is 2.26. The van der Waals surface area contributed by atoms with Crippen molar-refractivity contribution in [3.05, 3.63) is 0 Å². The summed E-state index contributed by atoms with van der Waals surface area (Å²) < 4.78 is 0. The van der Waals surface area contributed by atoms with Gasteiger partial charge in [0.05, 0.1) is 0 Å². The molecule has 0 aliphatic heterocycles. The molecule has 0 bridgehead atoms. The minimum Gasteiger partial charge on any atom is -0.0917 e. The fourth-order valence-electron chi connectivity index (χ4n) is 0.880. The normalized spacial score (nSPS) is 14.1. The molecular weight excluding hydrogens is 94.9 g/mol. The lowest BCUT2D eigenvalue weighted by Crippen LogP contribution is -1.98. The molecule has 1 heteroatoms. The molecule has 0 rings (SSSR count). The molecule has 0 heterocycles. The van der Waals surface area contributed by atoms with Crippen LogP contribution in [0.1, 0.15) is 27.2 Å². The van der Waals surface area contributed by atoms with E-state index in [2.05, 4.69) is 34.9 Å². The average Bonchev–Trinajstić information content (AvgIpc) is 1.65. The smallest absolute Gasteiger partial charge is 0.0917 e. The van der Waals surface area contributed by atoms with Crippen molar-refractivity contribution in [2.75, 3.05) is 0 Å². The van der Waals surface area contributed by atoms with Gasteiger partial charge in [-0.05, 0) is 5.92 Å². The third kappa shape index (κ3) is 4.23. The summed E-state index contributed by atoms with van der Waals surface area (Å²) in [5.74, 6) is 1.65. The summed E-state index contributed by atoms with van der Waals surface area (Å²) in [4.78, 5) is 0. The Kier molecular flexibility index (Phi) is 4.03. The van der Waals surface area contributed by atoms with Crippen molar-refractivity contribution in [3.8, 4) is 0 Å². The lowest BCUT2D eigenvalue weighted by atomic mass is 9.65. The van der Waals surface area contributed by atoms with Crippen LogP contribution < -0.4 is 0 Å². The van der Waals surface area contributed by atoms with Gasteiger partial charge < -0.3 is 0 Å². The van der Waals surface area contributed by atoms with Gasteiger partial charge in [0.25, 0.3) is 0 Å². The molecule has 0 aliphatic carbocycles. The highest BCUT2D eigenvalue weighted by molar-refractivity contribution is 6.35. The Hall–Kier alpha value is 0.0649. The van der Waals surface area contributed by atoms with Gasteiger partial charge in [-0.3, -0.25) is 0 Å². The topological polar surface area (TPSA) is 0 Å². The van der Waals surface area contributed by atoms with Crippen LogP contribution in [0.2, 0.25) is 12.6 Å². The molecule has 0 saturated carbocycles. The molecule has 1 radical (unpaired) electrons. The second kappa shape index (κ2) is 4.00. The predicted octanol–water partition coefficient (Wildman–Crippen LogP) is 2.59. The Morgan fingerprint density at radius 2 is 1.75 bits per heavy atom. The van der Waals surface area contributed by atoms with E-state index in [-0.39, 0.29) is 0 Å². The summed E-state index contributed by atoms with van der Waals surface area (Å²) >= 11 is 0. The first-order valence-electron chi connectivity index (χ1n) is 3.46. The minimum absolute atomic E-state index is 0.801. The summed E-state index contributed by atoms with van der Waals surface area (Å²) in [7, 11) is 2.26. The predicted molar refractivity (Wildman–Crippen MR) is 40.5 cm³/mol. The lowest BCUT2D eigenvalue weighted by molar-refractivity contribution is 0.573. The number of rotatable bonds is 3. The molecule has 0 saturated heterocycles. The standard InChI is InChI=1S/C7H16B/c1-6(2)5-7(3)8-4/h6-7H,5H2,1-4H3. The van der Waals surface area contributed by atoms with Gasteiger partial charge in [-0.1, -0.05) is 39.8 Å². The number of hydrogen-bond acceptors (Lipinski definition) is 0. The largest absolute Gasteiger partial charge is 0.109 e. The van der Waals surface area contributed by atoms with Gasteiger partial charge in [0.2, 0.25) is 0 Å². The molecular formula is C7H16B. The van der Waals surface area contributed by atoms with Gasteiger partial charge in [-0.15, -0.1) is 0 Å². The van der Waals surface area contributed by atoms with Crippen molar-refractivity contribution in [1.82, 2.24) is 0 Å². The second-order valence-corrected chi connectivity index (χ2v) is 2.94. The van der Waals surface area contributed by atoms with Crippen LogP contribution in [0, 0.1) is 5.92 Å². The lowest BCUT2D eigenvalue weighted by Gasteiger charge is -2.08. The Morgan fingerprint density at radius 1 is 1.25 bits per heavy atom. The van der Waals surface area contributed by atoms with Gasteiger partial charge >= 0.3 is 0 Å². The van der Waals surface area contributed by atoms with Gasteiger partial charge in [-0.2, -0.15) is 0 Å². The monoisotopic (exact) mass is 111 g/mol. The van der Waals surface area contributed by atoms with E-state index in [1.807, 2.05) is 0 Å². The molecule has 1 unspecified atom stereocenters. The van der Waals surface area contributed by atoms with E-state index in [9.17, 15) is 0 Å². The van der Waals surface area contributed by atoms with Crippen molar-refractivity contribution in [2.45, 2.75) is 39.8 Å². The zero-order valence-electron chi connectivity index (χ0n) is 6.44. The molecule has 1 atom stereocenters. The Morgan fingerprint density at radius 3 is 1.88 bits per heavy atom. The summed E-state index contributed by atoms with van der Waals surface area (Å²) in [6.07, 6.45) is 1.33. The molecule has 0 aromatic heterocycles. The first-order chi connectivity index (χ1) is 3.66. The van der Waals surface area contributed by atoms with E-state index >= 15 is 0 Å². The van der Waals surface area contributed by atoms with E-state index in [0.717, 1.165) is 11.7 Å². The fraction of sp³-hybridized carbons (Fsp3) is 1.00. The quantitative estimate of drug-likeness (QED) is 0.491. The van der Waals surface area contributed by atoms with Crippen molar-refractivity contribution in [2.24, 2.45) is 5.92 Å². The van der Waals surface area contributed by atoms with Crippen LogP contribution >= 0.6 is 0 Å². The van der Waals surface area contributed by atoms with Crippen LogP contribution in [0.3, 0.4) is 0 Å². The van der Waals surface area contributed by atoms with E-state index in [4.69, 9.17) is 0 Å². The molecule has 8 heavy (non-hydrogen) atoms. The molecule has 0 N–H and O–H groups in total. The molecule has 0 fully saturated rings. The fourth-order valence-corrected chi connectivity index (χ4v) is 0.880. The summed E-state index contributed by atoms with van der Waals surface area (Å²) in [6.45, 7) is 8.92. The van der Waals surface area contributed by atoms with E-state index in [0.29, 0.717) is 0 Å². The van der Waals surface area contributed by atoms with Crippen LogP contribution in [0.4, 0.5) is 0 Å². The Bertz CT molecular complexity index is 50.3. The van der Waals surface area contributed by atoms with Crippen LogP contribution in [0.25, 0.3) is 0 Å². The molecule has 47 valence electrons. The summed E-state index contributed by atoms with van der Waals surface area (Å²) in [6, 6.07) is 0. The third-order valence-corrected chi connectivity index (χ3v) is 1.41. The van der Waals surface area contributed by atoms with Gasteiger partial charge in [0.1, 0.15) is 7.28 Å². The molecule has 0 amide bonds. The SMILES string of the molecule is C[B]C(C)CC(C)C. The van der Waals surface area contributed by atoms with Crippen LogP contribution in [0.15, 0.2) is 0 Å². The third-order valence-electron chi connectivity index (χ3n) is 1.41. The van der Waals surface area contributed by atoms with Crippen molar-refractivity contribution in [1.29, 1.82) is 0 Å². The summed E-state index contributed by atoms with van der Waals surface area (Å²) in [5, 5.41) is 0. The molecule has 0 nitrogen and oxygen atoms in total. The highest BCUT2D eigenvalue weighted by atomic mass is 14.0. The van der Waals surface area contributed by atoms with Crippen molar-refractivity contribution >= 4 is 7.28 Å². The van der Waals surface area contributed by atoms with E-state index < -0.39 is 0 Å². The molecule has 0 aromatic carbocycles. The van der Waals surface area contributed by atoms with E-state index in [1.54, 1.807) is 0 Å². The van der Waals surface area contributed by atoms with Crippen molar-refractivity contribution in [3.63, 3.8) is 0 Å². The zero-order valence-corrected chi connectivity index (χ0v) is 6.44. The highest BCUT2D eigenvalue weighted by Gasteiger charge is 2.01. The van der Waals surface area contributed by atoms with E-state index in [1.165, 1.54) is 6.42 Å². The van der Waals surface area contributed by atoms with Gasteiger partial charge in [-0.25, -0.2) is 0 Å². The second-order valence-electron chi connectivity index (χ2n) is 2.94. The highest BCUT2D eigenvalue weighted by Crippen LogP contribution is 2.13. The van der Waals surface area contributed by atoms with Crippen LogP contribution in [0.5, 0.6) is 0 Å². The molecule has 0 aliphatic rings. The Balaban J connectivity index is 3.10. The minimum atomic E-state index is 0.801. The van der Waals surface area contributed by atoms with Crippen LogP contribution in [-0.2, 0) is 0 Å². The van der Waals surface area contributed by atoms with Crippen molar-refractivity contribution < 1.29 is 0 Å². The molecule has 0 spiro atoms. The van der Waals surface area contributed by atoms with Gasteiger partial charge in [0.15, 0.2) is 0 Å². The Labute approximate surface area is 53.9 Å². The van der Waals surface area contributed by atoms with Crippen LogP contribution in [-0.4, -0.2) is 7.28 Å². The maximum Gasteiger partial charge on any atom is 0.109 e. The first-order valence-corrected chi connectivity index (χ1v) is 3.46. The average molecular weight is 111 g/mol. The first kappa shape index (κ1) is 8.06. The number of hydrogen-bond donors (Lipinski definition) is 0. The van der Waals surface area contributed by atoms with Gasteiger partial charge in [0, 0.05) is 0 Å². The summed E-state index contributed by atoms with van der Waals surface area (Å²) in [5.41, 5.74) is 0.